The van der Waals surface area contributed by atoms with Crippen molar-refractivity contribution < 1.29 is 0 Å². The van der Waals surface area contributed by atoms with Crippen molar-refractivity contribution in [2.24, 2.45) is 0 Å². The minimum Gasteiger partial charge on any atom is -0.364 e. The first-order valence-electron chi connectivity index (χ1n) is 2.63. The predicted octanol–water partition coefficient (Wildman–Crippen LogP) is 1.75. The summed E-state index contributed by atoms with van der Waals surface area (Å²) in [5.41, 5.74) is 0. The lowest BCUT2D eigenvalue weighted by Crippen LogP contribution is -2.16. The predicted molar refractivity (Wildman–Crippen MR) is 48.9 cm³/mol. The minimum atomic E-state index is 0.900. The summed E-state index contributed by atoms with van der Waals surface area (Å²) in [6.45, 7) is 3.59. The normalized spacial score (nSPS) is 8.67. The van der Waals surface area contributed by atoms with Crippen LogP contribution in [0.5, 0.6) is 0 Å². The van der Waals surface area contributed by atoms with E-state index in [1.165, 1.54) is 0 Å². The van der Waals surface area contributed by atoms with Gasteiger partial charge < -0.3 is 4.90 Å². The molecule has 0 aromatic heterocycles. The van der Waals surface area contributed by atoms with Gasteiger partial charge in [-0.3, -0.25) is 0 Å². The average Bonchev–Trinajstić information content (AvgIpc) is 1.82. The van der Waals surface area contributed by atoms with Crippen LogP contribution < -0.4 is 0 Å². The maximum Gasteiger partial charge on any atom is 0.136 e. The van der Waals surface area contributed by atoms with Crippen LogP contribution in [-0.4, -0.2) is 29.1 Å². The van der Waals surface area contributed by atoms with E-state index in [-0.39, 0.29) is 0 Å². The van der Waals surface area contributed by atoms with Crippen molar-refractivity contribution in [1.29, 1.82) is 0 Å². The number of hydrogen-bond acceptors (Lipinski definition) is 2. The average molecular weight is 161 g/mol. The molecule has 1 nitrogen and oxygen atoms in total. The Bertz CT molecular complexity index is 110. The van der Waals surface area contributed by atoms with E-state index in [0.717, 1.165) is 10.1 Å². The fraction of sp³-hybridized carbons (Fsp3) is 0.500. The van der Waals surface area contributed by atoms with E-state index in [1.54, 1.807) is 11.8 Å². The number of rotatable bonds is 2. The molecule has 0 amide bonds. The zero-order valence-corrected chi connectivity index (χ0v) is 7.39. The van der Waals surface area contributed by atoms with E-state index in [1.807, 2.05) is 25.1 Å². The summed E-state index contributed by atoms with van der Waals surface area (Å²) in [6, 6.07) is 0. The van der Waals surface area contributed by atoms with Gasteiger partial charge >= 0.3 is 0 Å². The second-order valence-electron chi connectivity index (χ2n) is 1.76. The van der Waals surface area contributed by atoms with Gasteiger partial charge in [-0.2, -0.15) is 0 Å². The van der Waals surface area contributed by atoms with Gasteiger partial charge in [-0.1, -0.05) is 30.1 Å². The third-order valence-corrected chi connectivity index (χ3v) is 2.42. The Labute approximate surface area is 66.1 Å². The van der Waals surface area contributed by atoms with Crippen LogP contribution in [-0.2, 0) is 0 Å². The molecule has 0 bridgehead atoms. The van der Waals surface area contributed by atoms with Crippen LogP contribution in [0.3, 0.4) is 0 Å². The van der Waals surface area contributed by atoms with Crippen LogP contribution in [0.15, 0.2) is 12.7 Å². The summed E-state index contributed by atoms with van der Waals surface area (Å²) < 4.78 is 0.912. The Hall–Kier alpha value is -0.0200. The summed E-state index contributed by atoms with van der Waals surface area (Å²) in [5.74, 6) is 0.900. The third-order valence-electron chi connectivity index (χ3n) is 0.690. The van der Waals surface area contributed by atoms with Crippen LogP contribution in [0.1, 0.15) is 0 Å². The van der Waals surface area contributed by atoms with Gasteiger partial charge in [0.2, 0.25) is 0 Å². The lowest BCUT2D eigenvalue weighted by Gasteiger charge is -2.10. The molecule has 0 fully saturated rings. The SMILES string of the molecule is C=CCSC(=S)N(C)C. The molecule has 0 saturated carbocycles. The molecule has 0 N–H and O–H groups in total. The smallest absolute Gasteiger partial charge is 0.136 e. The Balaban J connectivity index is 3.38. The highest BCUT2D eigenvalue weighted by Gasteiger charge is 1.95. The topological polar surface area (TPSA) is 3.24 Å². The minimum absolute atomic E-state index is 0.900. The molecule has 9 heavy (non-hydrogen) atoms. The molecule has 0 heterocycles. The molecule has 0 spiro atoms. The highest BCUT2D eigenvalue weighted by molar-refractivity contribution is 8.23. The summed E-state index contributed by atoms with van der Waals surface area (Å²) in [7, 11) is 3.89. The quantitative estimate of drug-likeness (QED) is 0.449. The fourth-order valence-electron chi connectivity index (χ4n) is 0.259. The van der Waals surface area contributed by atoms with Crippen molar-refractivity contribution in [3.8, 4) is 0 Å². The van der Waals surface area contributed by atoms with Gasteiger partial charge in [0, 0.05) is 19.8 Å². The van der Waals surface area contributed by atoms with Crippen LogP contribution in [0, 0.1) is 0 Å². The first kappa shape index (κ1) is 8.98. The van der Waals surface area contributed by atoms with Gasteiger partial charge in [0.25, 0.3) is 0 Å². The van der Waals surface area contributed by atoms with Gasteiger partial charge in [0.1, 0.15) is 4.32 Å². The second-order valence-corrected chi connectivity index (χ2v) is 3.41. The summed E-state index contributed by atoms with van der Waals surface area (Å²) in [5, 5.41) is 0. The van der Waals surface area contributed by atoms with E-state index in [4.69, 9.17) is 12.2 Å². The molecule has 0 atom stereocenters. The monoisotopic (exact) mass is 161 g/mol. The summed E-state index contributed by atoms with van der Waals surface area (Å²) in [6.07, 6.45) is 1.85. The van der Waals surface area contributed by atoms with Crippen LogP contribution >= 0.6 is 24.0 Å². The van der Waals surface area contributed by atoms with Crippen molar-refractivity contribution in [3.05, 3.63) is 12.7 Å². The molecule has 52 valence electrons. The third kappa shape index (κ3) is 4.48. The first-order valence-corrected chi connectivity index (χ1v) is 4.03. The van der Waals surface area contributed by atoms with Gasteiger partial charge in [-0.25, -0.2) is 0 Å². The van der Waals surface area contributed by atoms with Crippen LogP contribution in [0.25, 0.3) is 0 Å². The first-order chi connectivity index (χ1) is 4.18. The standard InChI is InChI=1S/C6H11NS2/c1-4-5-9-6(8)7(2)3/h4H,1,5H2,2-3H3. The van der Waals surface area contributed by atoms with Gasteiger partial charge in [-0.05, 0) is 0 Å². The molecule has 0 aliphatic rings. The van der Waals surface area contributed by atoms with E-state index in [9.17, 15) is 0 Å². The van der Waals surface area contributed by atoms with E-state index >= 15 is 0 Å². The van der Waals surface area contributed by atoms with Gasteiger partial charge in [0.05, 0.1) is 0 Å². The molecule has 3 heteroatoms. The Kier molecular flexibility index (Phi) is 4.81. The molecule has 0 aromatic rings. The zero-order valence-electron chi connectivity index (χ0n) is 5.76. The Morgan fingerprint density at radius 3 is 2.67 bits per heavy atom. The highest BCUT2D eigenvalue weighted by atomic mass is 32.2. The van der Waals surface area contributed by atoms with Crippen molar-refractivity contribution in [2.75, 3.05) is 19.8 Å². The Morgan fingerprint density at radius 1 is 1.78 bits per heavy atom. The summed E-state index contributed by atoms with van der Waals surface area (Å²) >= 11 is 6.61. The van der Waals surface area contributed by atoms with Crippen molar-refractivity contribution in [1.82, 2.24) is 4.90 Å². The van der Waals surface area contributed by atoms with E-state index < -0.39 is 0 Å². The van der Waals surface area contributed by atoms with Crippen molar-refractivity contribution >= 4 is 28.3 Å². The molecule has 0 radical (unpaired) electrons. The van der Waals surface area contributed by atoms with Crippen LogP contribution in [0.4, 0.5) is 0 Å². The molecular formula is C6H11NS2. The van der Waals surface area contributed by atoms with Gasteiger partial charge in [0.15, 0.2) is 0 Å². The summed E-state index contributed by atoms with van der Waals surface area (Å²) in [4.78, 5) is 1.92. The van der Waals surface area contributed by atoms with Crippen LogP contribution in [0.2, 0.25) is 0 Å². The second kappa shape index (κ2) is 4.82. The van der Waals surface area contributed by atoms with Crippen molar-refractivity contribution in [2.45, 2.75) is 0 Å². The number of nitrogens with zero attached hydrogens (tertiary/aromatic N) is 1. The maximum absolute atomic E-state index is 4.98. The number of hydrogen-bond donors (Lipinski definition) is 0. The lowest BCUT2D eigenvalue weighted by atomic mass is 10.8. The molecular weight excluding hydrogens is 150 g/mol. The molecule has 0 aliphatic heterocycles. The fourth-order valence-corrected chi connectivity index (χ4v) is 0.982. The number of thiocarbonyl (C=S) groups is 1. The van der Waals surface area contributed by atoms with E-state index in [0.29, 0.717) is 0 Å². The highest BCUT2D eigenvalue weighted by Crippen LogP contribution is 2.05. The van der Waals surface area contributed by atoms with Gasteiger partial charge in [-0.15, -0.1) is 6.58 Å². The molecule has 0 aliphatic carbocycles. The lowest BCUT2D eigenvalue weighted by molar-refractivity contribution is 0.648. The molecule has 0 unspecified atom stereocenters. The zero-order chi connectivity index (χ0) is 7.28. The maximum atomic E-state index is 4.98. The molecule has 0 rings (SSSR count). The van der Waals surface area contributed by atoms with E-state index in [2.05, 4.69) is 6.58 Å². The largest absolute Gasteiger partial charge is 0.364 e. The number of thioether (sulfide) groups is 1. The molecule has 0 saturated heterocycles. The Morgan fingerprint density at radius 2 is 2.33 bits per heavy atom. The molecule has 0 aromatic carbocycles. The van der Waals surface area contributed by atoms with Crippen molar-refractivity contribution in [3.63, 3.8) is 0 Å².